The summed E-state index contributed by atoms with van der Waals surface area (Å²) >= 11 is 0. The van der Waals surface area contributed by atoms with E-state index in [1.165, 1.54) is 12.8 Å². The highest BCUT2D eigenvalue weighted by Crippen LogP contribution is 2.35. The number of nitrogens with zero attached hydrogens (tertiary/aromatic N) is 2. The zero-order valence-corrected chi connectivity index (χ0v) is 16.6. The number of rotatable bonds is 9. The number of carbonyl (C=O) groups is 2. The van der Waals surface area contributed by atoms with E-state index in [0.717, 1.165) is 36.2 Å². The molecule has 1 saturated heterocycles. The lowest BCUT2D eigenvalue weighted by Gasteiger charge is -2.30. The van der Waals surface area contributed by atoms with Crippen LogP contribution in [0.25, 0.3) is 11.0 Å². The standard InChI is InChI=1S/C21H29N5O3/c27-13-21(29)22-10-16-8-7-15(26(16)12-14-5-6-14)9-20(28)23-11-19-24-17-3-1-2-4-18(17)25-19/h1-4,14-16,27H,5-13H2,(H,22,29)(H,23,28)(H,24,25)/t15-,16+/m1/s1. The fourth-order valence-electron chi connectivity index (χ4n) is 4.20. The highest BCUT2D eigenvalue weighted by Gasteiger charge is 2.37. The number of aromatic amines is 1. The lowest BCUT2D eigenvalue weighted by molar-refractivity contribution is -0.124. The second-order valence-electron chi connectivity index (χ2n) is 8.17. The number of nitrogens with one attached hydrogen (secondary N) is 3. The summed E-state index contributed by atoms with van der Waals surface area (Å²) < 4.78 is 0. The lowest BCUT2D eigenvalue weighted by atomic mass is 10.1. The van der Waals surface area contributed by atoms with Crippen LogP contribution in [0.1, 0.15) is 37.9 Å². The number of aliphatic hydroxyl groups excluding tert-OH is 1. The third-order valence-corrected chi connectivity index (χ3v) is 5.93. The minimum atomic E-state index is -0.483. The van der Waals surface area contributed by atoms with Crippen LogP contribution in [0.3, 0.4) is 0 Å². The van der Waals surface area contributed by atoms with E-state index in [4.69, 9.17) is 5.11 Å². The van der Waals surface area contributed by atoms with Crippen LogP contribution in [0.2, 0.25) is 0 Å². The van der Waals surface area contributed by atoms with E-state index in [1.54, 1.807) is 0 Å². The number of hydrogen-bond acceptors (Lipinski definition) is 5. The smallest absolute Gasteiger partial charge is 0.245 e. The van der Waals surface area contributed by atoms with Gasteiger partial charge in [-0.1, -0.05) is 12.1 Å². The van der Waals surface area contributed by atoms with Gasteiger partial charge in [-0.2, -0.15) is 0 Å². The third-order valence-electron chi connectivity index (χ3n) is 5.93. The van der Waals surface area contributed by atoms with Crippen LogP contribution in [0.4, 0.5) is 0 Å². The van der Waals surface area contributed by atoms with Crippen molar-refractivity contribution >= 4 is 22.8 Å². The topological polar surface area (TPSA) is 110 Å². The van der Waals surface area contributed by atoms with Gasteiger partial charge in [0.15, 0.2) is 0 Å². The third kappa shape index (κ3) is 5.13. The highest BCUT2D eigenvalue weighted by molar-refractivity contribution is 5.78. The fourth-order valence-corrected chi connectivity index (χ4v) is 4.20. The first-order chi connectivity index (χ1) is 14.1. The molecule has 1 aromatic carbocycles. The summed E-state index contributed by atoms with van der Waals surface area (Å²) in [5.74, 6) is 1.15. The molecule has 156 valence electrons. The Morgan fingerprint density at radius 3 is 2.66 bits per heavy atom. The van der Waals surface area contributed by atoms with E-state index in [1.807, 2.05) is 24.3 Å². The Bertz CT molecular complexity index is 830. The number of likely N-dealkylation sites (tertiary alicyclic amines) is 1. The van der Waals surface area contributed by atoms with Crippen LogP contribution in [-0.4, -0.2) is 63.6 Å². The molecule has 2 heterocycles. The van der Waals surface area contributed by atoms with Gasteiger partial charge in [0, 0.05) is 31.6 Å². The van der Waals surface area contributed by atoms with Crippen molar-refractivity contribution in [2.45, 2.75) is 50.7 Å². The monoisotopic (exact) mass is 399 g/mol. The van der Waals surface area contributed by atoms with Crippen molar-refractivity contribution in [1.29, 1.82) is 0 Å². The van der Waals surface area contributed by atoms with E-state index in [-0.39, 0.29) is 23.9 Å². The number of para-hydroxylation sites is 2. The number of fused-ring (bicyclic) bond motifs is 1. The van der Waals surface area contributed by atoms with Gasteiger partial charge in [0.25, 0.3) is 0 Å². The lowest BCUT2D eigenvalue weighted by Crippen LogP contribution is -2.45. The van der Waals surface area contributed by atoms with Gasteiger partial charge in [0.1, 0.15) is 12.4 Å². The van der Waals surface area contributed by atoms with Crippen LogP contribution >= 0.6 is 0 Å². The molecule has 0 bridgehead atoms. The van der Waals surface area contributed by atoms with Crippen molar-refractivity contribution in [3.05, 3.63) is 30.1 Å². The molecule has 2 amide bonds. The summed E-state index contributed by atoms with van der Waals surface area (Å²) in [6.07, 6.45) is 4.86. The molecular formula is C21H29N5O3. The Morgan fingerprint density at radius 1 is 1.10 bits per heavy atom. The van der Waals surface area contributed by atoms with Crippen molar-refractivity contribution in [1.82, 2.24) is 25.5 Å². The summed E-state index contributed by atoms with van der Waals surface area (Å²) in [6.45, 7) is 1.42. The second-order valence-corrected chi connectivity index (χ2v) is 8.17. The number of benzene rings is 1. The SMILES string of the molecule is O=C(CO)NC[C@@H]1CC[C@H](CC(=O)NCc2nc3ccccc3[nH]2)N1CC1CC1. The molecule has 8 nitrogen and oxygen atoms in total. The van der Waals surface area contributed by atoms with Gasteiger partial charge >= 0.3 is 0 Å². The fraction of sp³-hybridized carbons (Fsp3) is 0.571. The molecule has 2 atom stereocenters. The van der Waals surface area contributed by atoms with E-state index in [0.29, 0.717) is 25.4 Å². The molecule has 0 unspecified atom stereocenters. The van der Waals surface area contributed by atoms with Crippen molar-refractivity contribution < 1.29 is 14.7 Å². The number of H-pyrrole nitrogens is 1. The summed E-state index contributed by atoms with van der Waals surface area (Å²) in [4.78, 5) is 34.1. The van der Waals surface area contributed by atoms with Gasteiger partial charge < -0.3 is 20.7 Å². The number of carbonyl (C=O) groups excluding carboxylic acids is 2. The van der Waals surface area contributed by atoms with Crippen LogP contribution in [0, 0.1) is 5.92 Å². The minimum Gasteiger partial charge on any atom is -0.387 e. The molecule has 1 aliphatic heterocycles. The first kappa shape index (κ1) is 19.8. The predicted molar refractivity (Wildman–Crippen MR) is 109 cm³/mol. The molecule has 1 aliphatic carbocycles. The summed E-state index contributed by atoms with van der Waals surface area (Å²) in [5.41, 5.74) is 1.87. The van der Waals surface area contributed by atoms with Gasteiger partial charge in [-0.25, -0.2) is 4.98 Å². The number of imidazole rings is 1. The maximum Gasteiger partial charge on any atom is 0.245 e. The predicted octanol–water partition coefficient (Wildman–Crippen LogP) is 0.921. The molecular weight excluding hydrogens is 370 g/mol. The Kier molecular flexibility index (Phi) is 6.10. The maximum absolute atomic E-state index is 12.6. The summed E-state index contributed by atoms with van der Waals surface area (Å²) in [7, 11) is 0. The maximum atomic E-state index is 12.6. The molecule has 2 aromatic rings. The summed E-state index contributed by atoms with van der Waals surface area (Å²) in [5, 5.41) is 14.7. The van der Waals surface area contributed by atoms with E-state index in [9.17, 15) is 9.59 Å². The molecule has 1 aromatic heterocycles. The molecule has 1 saturated carbocycles. The minimum absolute atomic E-state index is 0.0243. The van der Waals surface area contributed by atoms with Crippen molar-refractivity contribution in [2.75, 3.05) is 19.7 Å². The number of aliphatic hydroxyl groups is 1. The Labute approximate surface area is 170 Å². The molecule has 4 rings (SSSR count). The van der Waals surface area contributed by atoms with Gasteiger partial charge in [0.05, 0.1) is 17.6 Å². The zero-order valence-electron chi connectivity index (χ0n) is 16.6. The average Bonchev–Trinajstić information content (AvgIpc) is 3.33. The first-order valence-electron chi connectivity index (χ1n) is 10.5. The van der Waals surface area contributed by atoms with E-state index < -0.39 is 6.61 Å². The average molecular weight is 399 g/mol. The van der Waals surface area contributed by atoms with Crippen LogP contribution < -0.4 is 10.6 Å². The quantitative estimate of drug-likeness (QED) is 0.501. The highest BCUT2D eigenvalue weighted by atomic mass is 16.3. The van der Waals surface area contributed by atoms with E-state index in [2.05, 4.69) is 25.5 Å². The largest absolute Gasteiger partial charge is 0.387 e. The Hall–Kier alpha value is -2.45. The molecule has 0 radical (unpaired) electrons. The number of hydrogen-bond donors (Lipinski definition) is 4. The van der Waals surface area contributed by atoms with Gasteiger partial charge in [0.2, 0.25) is 11.8 Å². The molecule has 0 spiro atoms. The second kappa shape index (κ2) is 8.92. The van der Waals surface area contributed by atoms with Crippen LogP contribution in [0.15, 0.2) is 24.3 Å². The Morgan fingerprint density at radius 2 is 1.90 bits per heavy atom. The van der Waals surface area contributed by atoms with Crippen molar-refractivity contribution in [3.8, 4) is 0 Å². The van der Waals surface area contributed by atoms with Crippen molar-refractivity contribution in [3.63, 3.8) is 0 Å². The molecule has 29 heavy (non-hydrogen) atoms. The molecule has 2 aliphatic rings. The normalized spacial score (nSPS) is 22.1. The molecule has 8 heteroatoms. The Balaban J connectivity index is 1.30. The van der Waals surface area contributed by atoms with Crippen LogP contribution in [-0.2, 0) is 16.1 Å². The first-order valence-corrected chi connectivity index (χ1v) is 10.5. The molecule has 4 N–H and O–H groups in total. The van der Waals surface area contributed by atoms with Gasteiger partial charge in [-0.3, -0.25) is 14.5 Å². The zero-order chi connectivity index (χ0) is 20.2. The van der Waals surface area contributed by atoms with Gasteiger partial charge in [-0.05, 0) is 43.7 Å². The van der Waals surface area contributed by atoms with Crippen molar-refractivity contribution in [2.24, 2.45) is 5.92 Å². The van der Waals surface area contributed by atoms with E-state index >= 15 is 0 Å². The number of amides is 2. The summed E-state index contributed by atoms with van der Waals surface area (Å²) in [6, 6.07) is 8.25. The van der Waals surface area contributed by atoms with Crippen LogP contribution in [0.5, 0.6) is 0 Å². The molecule has 2 fully saturated rings. The number of aromatic nitrogens is 2. The van der Waals surface area contributed by atoms with Gasteiger partial charge in [-0.15, -0.1) is 0 Å².